The monoisotopic (exact) mass is 307 g/mol. The van der Waals surface area contributed by atoms with Gasteiger partial charge in [-0.05, 0) is 24.3 Å². The van der Waals surface area contributed by atoms with E-state index in [9.17, 15) is 10.1 Å². The molecule has 0 unspecified atom stereocenters. The van der Waals surface area contributed by atoms with Gasteiger partial charge in [0.05, 0.1) is 16.3 Å². The van der Waals surface area contributed by atoms with Gasteiger partial charge >= 0.3 is 0 Å². The molecule has 23 heavy (non-hydrogen) atoms. The predicted octanol–water partition coefficient (Wildman–Crippen LogP) is 3.21. The van der Waals surface area contributed by atoms with E-state index in [1.807, 2.05) is 12.1 Å². The normalized spacial score (nSPS) is 10.3. The number of nitro benzene ring substituents is 1. The fourth-order valence-corrected chi connectivity index (χ4v) is 2.12. The van der Waals surface area contributed by atoms with Crippen LogP contribution in [-0.2, 0) is 0 Å². The first-order valence-corrected chi connectivity index (χ1v) is 6.87. The molecule has 1 aromatic carbocycles. The Morgan fingerprint density at radius 3 is 2.74 bits per heavy atom. The van der Waals surface area contributed by atoms with Gasteiger partial charge in [0.2, 0.25) is 5.95 Å². The van der Waals surface area contributed by atoms with Gasteiger partial charge in [-0.1, -0.05) is 6.07 Å². The predicted molar refractivity (Wildman–Crippen MR) is 86.4 cm³/mol. The Morgan fingerprint density at radius 2 is 2.00 bits per heavy atom. The standard InChI is InChI=1S/C16H13N5O2/c1-20(13-5-2-6-14(10-13)21(22)23)16-18-9-7-15(19-16)12-4-3-8-17-11-12/h2-11H,1H3. The van der Waals surface area contributed by atoms with E-state index >= 15 is 0 Å². The molecular weight excluding hydrogens is 294 g/mol. The summed E-state index contributed by atoms with van der Waals surface area (Å²) in [6.45, 7) is 0. The van der Waals surface area contributed by atoms with Gasteiger partial charge in [0.1, 0.15) is 0 Å². The van der Waals surface area contributed by atoms with Crippen LogP contribution in [0.4, 0.5) is 17.3 Å². The number of nitrogens with zero attached hydrogens (tertiary/aromatic N) is 5. The lowest BCUT2D eigenvalue weighted by atomic mass is 10.2. The molecule has 0 saturated carbocycles. The van der Waals surface area contributed by atoms with Crippen LogP contribution in [0.3, 0.4) is 0 Å². The van der Waals surface area contributed by atoms with Gasteiger partial charge in [-0.2, -0.15) is 0 Å². The average Bonchev–Trinajstić information content (AvgIpc) is 2.62. The molecule has 0 aliphatic rings. The molecule has 0 amide bonds. The van der Waals surface area contributed by atoms with Crippen molar-refractivity contribution in [2.24, 2.45) is 0 Å². The summed E-state index contributed by atoms with van der Waals surface area (Å²) in [5.74, 6) is 0.451. The molecular formula is C16H13N5O2. The third kappa shape index (κ3) is 3.13. The van der Waals surface area contributed by atoms with Crippen molar-refractivity contribution < 1.29 is 4.92 Å². The van der Waals surface area contributed by atoms with Crippen molar-refractivity contribution >= 4 is 17.3 Å². The van der Waals surface area contributed by atoms with Crippen molar-refractivity contribution in [1.82, 2.24) is 15.0 Å². The Balaban J connectivity index is 1.95. The molecule has 7 heteroatoms. The number of aromatic nitrogens is 3. The molecule has 0 saturated heterocycles. The van der Waals surface area contributed by atoms with Crippen molar-refractivity contribution in [3.63, 3.8) is 0 Å². The van der Waals surface area contributed by atoms with Crippen LogP contribution in [0.2, 0.25) is 0 Å². The zero-order chi connectivity index (χ0) is 16.2. The van der Waals surface area contributed by atoms with Crippen molar-refractivity contribution in [3.8, 4) is 11.3 Å². The van der Waals surface area contributed by atoms with E-state index in [1.54, 1.807) is 48.7 Å². The van der Waals surface area contributed by atoms with Crippen LogP contribution in [0.1, 0.15) is 0 Å². The van der Waals surface area contributed by atoms with Gasteiger partial charge in [0.15, 0.2) is 0 Å². The minimum absolute atomic E-state index is 0.0257. The highest BCUT2D eigenvalue weighted by atomic mass is 16.6. The largest absolute Gasteiger partial charge is 0.313 e. The number of hydrogen-bond acceptors (Lipinski definition) is 6. The number of anilines is 2. The highest BCUT2D eigenvalue weighted by Gasteiger charge is 2.12. The lowest BCUT2D eigenvalue weighted by Gasteiger charge is -2.17. The maximum Gasteiger partial charge on any atom is 0.271 e. The molecule has 0 atom stereocenters. The zero-order valence-corrected chi connectivity index (χ0v) is 12.3. The third-order valence-corrected chi connectivity index (χ3v) is 3.33. The lowest BCUT2D eigenvalue weighted by Crippen LogP contribution is -2.13. The number of hydrogen-bond donors (Lipinski definition) is 0. The van der Waals surface area contributed by atoms with E-state index in [0.717, 1.165) is 11.3 Å². The molecule has 0 bridgehead atoms. The smallest absolute Gasteiger partial charge is 0.271 e. The van der Waals surface area contributed by atoms with Crippen LogP contribution < -0.4 is 4.90 Å². The number of pyridine rings is 1. The van der Waals surface area contributed by atoms with Gasteiger partial charge in [0, 0.05) is 43.3 Å². The summed E-state index contributed by atoms with van der Waals surface area (Å²) < 4.78 is 0. The molecule has 3 rings (SSSR count). The highest BCUT2D eigenvalue weighted by molar-refractivity contribution is 5.63. The van der Waals surface area contributed by atoms with Crippen LogP contribution in [0.25, 0.3) is 11.3 Å². The molecule has 0 spiro atoms. The van der Waals surface area contributed by atoms with E-state index in [0.29, 0.717) is 11.6 Å². The van der Waals surface area contributed by atoms with E-state index in [1.165, 1.54) is 12.1 Å². The van der Waals surface area contributed by atoms with E-state index < -0.39 is 4.92 Å². The molecule has 0 aliphatic carbocycles. The topological polar surface area (TPSA) is 85.0 Å². The van der Waals surface area contributed by atoms with Gasteiger partial charge in [-0.25, -0.2) is 9.97 Å². The van der Waals surface area contributed by atoms with Gasteiger partial charge in [0.25, 0.3) is 5.69 Å². The fraction of sp³-hybridized carbons (Fsp3) is 0.0625. The van der Waals surface area contributed by atoms with Crippen molar-refractivity contribution in [2.45, 2.75) is 0 Å². The zero-order valence-electron chi connectivity index (χ0n) is 12.3. The molecule has 0 aliphatic heterocycles. The van der Waals surface area contributed by atoms with Crippen LogP contribution in [0.5, 0.6) is 0 Å². The molecule has 2 heterocycles. The molecule has 0 fully saturated rings. The summed E-state index contributed by atoms with van der Waals surface area (Å²) in [5, 5.41) is 10.9. The lowest BCUT2D eigenvalue weighted by molar-refractivity contribution is -0.384. The van der Waals surface area contributed by atoms with Crippen LogP contribution in [0, 0.1) is 10.1 Å². The molecule has 0 radical (unpaired) electrons. The first kappa shape index (κ1) is 14.6. The number of rotatable bonds is 4. The van der Waals surface area contributed by atoms with Gasteiger partial charge < -0.3 is 4.90 Å². The van der Waals surface area contributed by atoms with Gasteiger partial charge in [-0.3, -0.25) is 15.1 Å². The summed E-state index contributed by atoms with van der Waals surface area (Å²) >= 11 is 0. The van der Waals surface area contributed by atoms with E-state index in [2.05, 4.69) is 15.0 Å². The fourth-order valence-electron chi connectivity index (χ4n) is 2.12. The molecule has 0 N–H and O–H groups in total. The maximum absolute atomic E-state index is 10.9. The second-order valence-electron chi connectivity index (χ2n) is 4.82. The Kier molecular flexibility index (Phi) is 3.92. The molecule has 2 aromatic heterocycles. The Bertz CT molecular complexity index is 839. The molecule has 3 aromatic rings. The SMILES string of the molecule is CN(c1cccc([N+](=O)[O-])c1)c1nccc(-c2cccnc2)n1. The summed E-state index contributed by atoms with van der Waals surface area (Å²) in [6, 6.07) is 11.9. The summed E-state index contributed by atoms with van der Waals surface area (Å²) in [4.78, 5) is 25.0. The highest BCUT2D eigenvalue weighted by Crippen LogP contribution is 2.25. The molecule has 114 valence electrons. The third-order valence-electron chi connectivity index (χ3n) is 3.33. The summed E-state index contributed by atoms with van der Waals surface area (Å²) in [7, 11) is 1.77. The van der Waals surface area contributed by atoms with Crippen LogP contribution >= 0.6 is 0 Å². The Labute approximate surface area is 132 Å². The first-order chi connectivity index (χ1) is 11.1. The second-order valence-corrected chi connectivity index (χ2v) is 4.82. The summed E-state index contributed by atoms with van der Waals surface area (Å²) in [6.07, 6.45) is 5.07. The molecule has 7 nitrogen and oxygen atoms in total. The van der Waals surface area contributed by atoms with Crippen molar-refractivity contribution in [1.29, 1.82) is 0 Å². The van der Waals surface area contributed by atoms with Gasteiger partial charge in [-0.15, -0.1) is 0 Å². The Hall–Kier alpha value is -3.35. The van der Waals surface area contributed by atoms with Crippen LogP contribution in [-0.4, -0.2) is 26.9 Å². The Morgan fingerprint density at radius 1 is 1.13 bits per heavy atom. The second kappa shape index (κ2) is 6.18. The van der Waals surface area contributed by atoms with Crippen LogP contribution in [0.15, 0.2) is 61.1 Å². The minimum atomic E-state index is -0.426. The van der Waals surface area contributed by atoms with E-state index in [-0.39, 0.29) is 5.69 Å². The number of benzene rings is 1. The minimum Gasteiger partial charge on any atom is -0.313 e. The first-order valence-electron chi connectivity index (χ1n) is 6.87. The number of nitro groups is 1. The van der Waals surface area contributed by atoms with E-state index in [4.69, 9.17) is 0 Å². The quantitative estimate of drug-likeness (QED) is 0.543. The maximum atomic E-state index is 10.9. The van der Waals surface area contributed by atoms with Crippen molar-refractivity contribution in [3.05, 3.63) is 71.2 Å². The van der Waals surface area contributed by atoms with Crippen molar-refractivity contribution in [2.75, 3.05) is 11.9 Å². The number of non-ortho nitro benzene ring substituents is 1. The average molecular weight is 307 g/mol. The summed E-state index contributed by atoms with van der Waals surface area (Å²) in [5.41, 5.74) is 2.28.